The van der Waals surface area contributed by atoms with Gasteiger partial charge in [0.05, 0.1) is 11.1 Å². The van der Waals surface area contributed by atoms with E-state index in [4.69, 9.17) is 9.84 Å². The van der Waals surface area contributed by atoms with Gasteiger partial charge < -0.3 is 29.6 Å². The summed E-state index contributed by atoms with van der Waals surface area (Å²) in [6.07, 6.45) is -3.42. The number of pyridine rings is 1. The zero-order chi connectivity index (χ0) is 30.9. The van der Waals surface area contributed by atoms with Crippen LogP contribution < -0.4 is 25.1 Å². The molecule has 0 atom stereocenters. The highest BCUT2D eigenvalue weighted by molar-refractivity contribution is 6.06. The third-order valence-corrected chi connectivity index (χ3v) is 4.93. The number of rotatable bonds is 8. The lowest BCUT2D eigenvalue weighted by molar-refractivity contribution is -0.137. The predicted octanol–water partition coefficient (Wildman–Crippen LogP) is 7.03. The van der Waals surface area contributed by atoms with Gasteiger partial charge in [0.25, 0.3) is 5.91 Å². The number of aromatic hydroxyl groups is 1. The maximum absolute atomic E-state index is 13.1. The number of hydrogen-bond donors (Lipinski definition) is 3. The van der Waals surface area contributed by atoms with Gasteiger partial charge in [-0.15, -0.1) is 0 Å². The standard InChI is InChI=1S/C20H13F5N2O4.C7H6F2O2/c21-19(22)31-14-4-2-13(3-5-14)30-16-9-11(20(23,24)25)1-6-15(16)18(29)27-12-7-8-26-17(28)10-12;8-7(9)11-6-3-1-5(10)2-4-6/h1-10,19H,(H2,26,27,28,29);1-4,7,10H. The highest BCUT2D eigenvalue weighted by Gasteiger charge is 2.32. The predicted molar refractivity (Wildman–Crippen MR) is 134 cm³/mol. The minimum atomic E-state index is -4.70. The van der Waals surface area contributed by atoms with Crippen LogP contribution in [0.15, 0.2) is 89.9 Å². The summed E-state index contributed by atoms with van der Waals surface area (Å²) in [5, 5.41) is 11.1. The van der Waals surface area contributed by atoms with Gasteiger partial charge in [0.2, 0.25) is 5.56 Å². The topological polar surface area (TPSA) is 110 Å². The Hall–Kier alpha value is -5.21. The Morgan fingerprint density at radius 2 is 1.33 bits per heavy atom. The second-order valence-electron chi connectivity index (χ2n) is 7.93. The summed E-state index contributed by atoms with van der Waals surface area (Å²) < 4.78 is 101. The molecule has 0 aliphatic rings. The van der Waals surface area contributed by atoms with Crippen molar-refractivity contribution in [1.82, 2.24) is 4.98 Å². The van der Waals surface area contributed by atoms with Crippen LogP contribution in [0.5, 0.6) is 28.7 Å². The number of amides is 1. The quantitative estimate of drug-likeness (QED) is 0.187. The molecule has 1 aromatic heterocycles. The van der Waals surface area contributed by atoms with Gasteiger partial charge in [0.1, 0.15) is 28.7 Å². The van der Waals surface area contributed by atoms with Crippen molar-refractivity contribution in [3.8, 4) is 28.7 Å². The van der Waals surface area contributed by atoms with Crippen molar-refractivity contribution < 1.29 is 54.8 Å². The number of nitrogens with one attached hydrogen (secondary N) is 2. The number of carbonyl (C=O) groups excluding carboxylic acids is 1. The highest BCUT2D eigenvalue weighted by atomic mass is 19.4. The summed E-state index contributed by atoms with van der Waals surface area (Å²) in [5.41, 5.74) is -1.69. The van der Waals surface area contributed by atoms with Crippen LogP contribution in [0.1, 0.15) is 15.9 Å². The van der Waals surface area contributed by atoms with E-state index in [0.29, 0.717) is 12.1 Å². The molecule has 1 amide bonds. The molecule has 42 heavy (non-hydrogen) atoms. The fourth-order valence-electron chi connectivity index (χ4n) is 3.14. The van der Waals surface area contributed by atoms with Crippen LogP contribution in [-0.2, 0) is 6.18 Å². The molecular formula is C27H19F7N2O6. The molecule has 0 bridgehead atoms. The highest BCUT2D eigenvalue weighted by Crippen LogP contribution is 2.35. The molecule has 0 saturated heterocycles. The van der Waals surface area contributed by atoms with Crippen LogP contribution in [0, 0.1) is 0 Å². The largest absolute Gasteiger partial charge is 0.508 e. The molecule has 0 radical (unpaired) electrons. The van der Waals surface area contributed by atoms with Gasteiger partial charge in [-0.05, 0) is 72.8 Å². The first-order valence-electron chi connectivity index (χ1n) is 11.5. The summed E-state index contributed by atoms with van der Waals surface area (Å²) in [4.78, 5) is 26.3. The lowest BCUT2D eigenvalue weighted by Crippen LogP contribution is -2.16. The van der Waals surface area contributed by atoms with Crippen molar-refractivity contribution in [3.63, 3.8) is 0 Å². The summed E-state index contributed by atoms with van der Waals surface area (Å²) in [6, 6.07) is 14.5. The molecule has 0 aliphatic carbocycles. The number of phenolic OH excluding ortho intramolecular Hbond substituents is 1. The van der Waals surface area contributed by atoms with E-state index in [0.717, 1.165) is 24.3 Å². The van der Waals surface area contributed by atoms with E-state index >= 15 is 0 Å². The number of hydrogen-bond acceptors (Lipinski definition) is 6. The Morgan fingerprint density at radius 3 is 1.86 bits per heavy atom. The van der Waals surface area contributed by atoms with Gasteiger partial charge in [0.15, 0.2) is 0 Å². The molecule has 3 aromatic carbocycles. The first kappa shape index (κ1) is 31.3. The third-order valence-electron chi connectivity index (χ3n) is 4.93. The Kier molecular flexibility index (Phi) is 10.4. The van der Waals surface area contributed by atoms with Crippen LogP contribution in [-0.4, -0.2) is 29.2 Å². The second kappa shape index (κ2) is 13.9. The molecule has 0 fully saturated rings. The SMILES string of the molecule is O=C(Nc1cc[nH]c(=O)c1)c1ccc(C(F)(F)F)cc1Oc1ccc(OC(F)F)cc1.Oc1ccc(OC(F)F)cc1. The fraction of sp³-hybridized carbons (Fsp3) is 0.111. The van der Waals surface area contributed by atoms with Crippen LogP contribution in [0.3, 0.4) is 0 Å². The Labute approximate surface area is 231 Å². The number of phenols is 1. The minimum Gasteiger partial charge on any atom is -0.508 e. The average Bonchev–Trinajstić information content (AvgIpc) is 2.90. The number of H-pyrrole nitrogens is 1. The number of carbonyl (C=O) groups is 1. The van der Waals surface area contributed by atoms with E-state index in [1.54, 1.807) is 0 Å². The van der Waals surface area contributed by atoms with Gasteiger partial charge in [-0.25, -0.2) is 0 Å². The first-order valence-corrected chi connectivity index (χ1v) is 11.5. The van der Waals surface area contributed by atoms with Gasteiger partial charge in [-0.3, -0.25) is 9.59 Å². The maximum Gasteiger partial charge on any atom is 0.416 e. The van der Waals surface area contributed by atoms with Gasteiger partial charge in [0, 0.05) is 18.0 Å². The lowest BCUT2D eigenvalue weighted by Gasteiger charge is -2.15. The van der Waals surface area contributed by atoms with Crippen LogP contribution >= 0.6 is 0 Å². The van der Waals surface area contributed by atoms with Crippen molar-refractivity contribution in [1.29, 1.82) is 0 Å². The molecule has 1 heterocycles. The normalized spacial score (nSPS) is 11.0. The number of anilines is 1. The van der Waals surface area contributed by atoms with E-state index < -0.39 is 42.2 Å². The molecule has 4 rings (SSSR count). The third kappa shape index (κ3) is 9.76. The van der Waals surface area contributed by atoms with Crippen molar-refractivity contribution >= 4 is 11.6 Å². The fourth-order valence-corrected chi connectivity index (χ4v) is 3.14. The first-order chi connectivity index (χ1) is 19.8. The number of halogens is 7. The van der Waals surface area contributed by atoms with E-state index in [-0.39, 0.29) is 34.2 Å². The summed E-state index contributed by atoms with van der Waals surface area (Å²) >= 11 is 0. The van der Waals surface area contributed by atoms with Crippen molar-refractivity contribution in [2.24, 2.45) is 0 Å². The van der Waals surface area contributed by atoms with Crippen molar-refractivity contribution in [2.45, 2.75) is 19.4 Å². The van der Waals surface area contributed by atoms with Crippen LogP contribution in [0.2, 0.25) is 0 Å². The second-order valence-corrected chi connectivity index (χ2v) is 7.93. The molecule has 8 nitrogen and oxygen atoms in total. The number of benzene rings is 3. The van der Waals surface area contributed by atoms with Gasteiger partial charge in [-0.1, -0.05) is 0 Å². The van der Waals surface area contributed by atoms with Gasteiger partial charge >= 0.3 is 19.4 Å². The minimum absolute atomic E-state index is 0.0200. The number of ether oxygens (including phenoxy) is 3. The Balaban J connectivity index is 0.000000369. The average molecular weight is 600 g/mol. The molecule has 0 aliphatic heterocycles. The molecule has 0 unspecified atom stereocenters. The van der Waals surface area contributed by atoms with Crippen LogP contribution in [0.25, 0.3) is 0 Å². The lowest BCUT2D eigenvalue weighted by atomic mass is 10.1. The zero-order valence-corrected chi connectivity index (χ0v) is 20.9. The molecule has 3 N–H and O–H groups in total. The summed E-state index contributed by atoms with van der Waals surface area (Å²) in [5.74, 6) is -1.40. The number of aromatic nitrogens is 1. The molecule has 15 heteroatoms. The number of aromatic amines is 1. The maximum atomic E-state index is 13.1. The molecule has 222 valence electrons. The molecule has 4 aromatic rings. The van der Waals surface area contributed by atoms with Crippen molar-refractivity contribution in [2.75, 3.05) is 5.32 Å². The van der Waals surface area contributed by atoms with E-state index in [1.807, 2.05) is 0 Å². The molecule has 0 saturated carbocycles. The zero-order valence-electron chi connectivity index (χ0n) is 20.9. The Bertz CT molecular complexity index is 1530. The molecular weight excluding hydrogens is 581 g/mol. The monoisotopic (exact) mass is 600 g/mol. The smallest absolute Gasteiger partial charge is 0.416 e. The molecule has 0 spiro atoms. The van der Waals surface area contributed by atoms with Crippen LogP contribution in [0.4, 0.5) is 36.4 Å². The Morgan fingerprint density at radius 1 is 0.786 bits per heavy atom. The van der Waals surface area contributed by atoms with Crippen molar-refractivity contribution in [3.05, 3.63) is 107 Å². The van der Waals surface area contributed by atoms with E-state index in [9.17, 15) is 40.3 Å². The number of alkyl halides is 7. The summed E-state index contributed by atoms with van der Waals surface area (Å²) in [7, 11) is 0. The van der Waals surface area contributed by atoms with E-state index in [1.165, 1.54) is 48.7 Å². The van der Waals surface area contributed by atoms with Gasteiger partial charge in [-0.2, -0.15) is 30.7 Å². The summed E-state index contributed by atoms with van der Waals surface area (Å²) in [6.45, 7) is -5.87. The van der Waals surface area contributed by atoms with E-state index in [2.05, 4.69) is 19.8 Å².